The lowest BCUT2D eigenvalue weighted by molar-refractivity contribution is 0.508. The third kappa shape index (κ3) is 4.49. The van der Waals surface area contributed by atoms with Crippen LogP contribution in [0, 0.1) is 12.8 Å². The van der Waals surface area contributed by atoms with Gasteiger partial charge in [0.2, 0.25) is 0 Å². The molecule has 3 nitrogen and oxygen atoms in total. The number of hydrogen-bond donors (Lipinski definition) is 2. The molecule has 3 N–H and O–H groups in total. The molecule has 1 aromatic rings. The number of halogens is 1. The van der Waals surface area contributed by atoms with Crippen molar-refractivity contribution in [2.45, 2.75) is 33.2 Å². The first-order valence-corrected chi connectivity index (χ1v) is 6.40. The van der Waals surface area contributed by atoms with E-state index in [1.165, 1.54) is 0 Å². The predicted molar refractivity (Wildman–Crippen MR) is 72.6 cm³/mol. The maximum absolute atomic E-state index is 6.00. The maximum Gasteiger partial charge on any atom is 0.128 e. The van der Waals surface area contributed by atoms with Gasteiger partial charge in [0.1, 0.15) is 5.82 Å². The van der Waals surface area contributed by atoms with Gasteiger partial charge >= 0.3 is 0 Å². The fraction of sp³-hybridized carbons (Fsp3) is 0.583. The molecule has 16 heavy (non-hydrogen) atoms. The minimum Gasteiger partial charge on any atom is -0.368 e. The molecule has 0 fully saturated rings. The zero-order valence-electron chi connectivity index (χ0n) is 10.1. The van der Waals surface area contributed by atoms with Crippen LogP contribution in [0.3, 0.4) is 0 Å². The number of nitrogens with two attached hydrogens (primary N) is 1. The van der Waals surface area contributed by atoms with Crippen LogP contribution in [0.1, 0.15) is 25.8 Å². The van der Waals surface area contributed by atoms with Gasteiger partial charge < -0.3 is 11.1 Å². The summed E-state index contributed by atoms with van der Waals surface area (Å²) in [4.78, 5) is 4.32. The Hall–Kier alpha value is -0.610. The third-order valence-corrected chi connectivity index (χ3v) is 2.78. The van der Waals surface area contributed by atoms with Gasteiger partial charge in [0.05, 0.1) is 0 Å². The Balaban J connectivity index is 2.48. The number of anilines is 1. The summed E-state index contributed by atoms with van der Waals surface area (Å²) in [5.74, 6) is 1.55. The van der Waals surface area contributed by atoms with Crippen molar-refractivity contribution in [1.82, 2.24) is 4.98 Å². The SMILES string of the molecule is Cc1cc(Br)cnc1NCC(N)CC(C)C. The summed E-state index contributed by atoms with van der Waals surface area (Å²) >= 11 is 3.39. The van der Waals surface area contributed by atoms with Gasteiger partial charge in [-0.2, -0.15) is 0 Å². The van der Waals surface area contributed by atoms with Crippen LogP contribution in [0.4, 0.5) is 5.82 Å². The standard InChI is InChI=1S/C12H20BrN3/c1-8(2)4-11(14)7-16-12-9(3)5-10(13)6-15-12/h5-6,8,11H,4,7,14H2,1-3H3,(H,15,16). The molecule has 0 amide bonds. The molecule has 0 aliphatic rings. The van der Waals surface area contributed by atoms with Crippen molar-refractivity contribution in [3.63, 3.8) is 0 Å². The van der Waals surface area contributed by atoms with E-state index >= 15 is 0 Å². The molecular formula is C12H20BrN3. The van der Waals surface area contributed by atoms with E-state index in [2.05, 4.69) is 40.1 Å². The number of nitrogens with zero attached hydrogens (tertiary/aromatic N) is 1. The van der Waals surface area contributed by atoms with Crippen LogP contribution in [0.25, 0.3) is 0 Å². The topological polar surface area (TPSA) is 50.9 Å². The van der Waals surface area contributed by atoms with Crippen LogP contribution in [-0.2, 0) is 0 Å². The molecule has 4 heteroatoms. The molecule has 90 valence electrons. The molecule has 0 aromatic carbocycles. The van der Waals surface area contributed by atoms with Crippen molar-refractivity contribution in [3.8, 4) is 0 Å². The van der Waals surface area contributed by atoms with Gasteiger partial charge in [-0.25, -0.2) is 4.98 Å². The largest absolute Gasteiger partial charge is 0.368 e. The summed E-state index contributed by atoms with van der Waals surface area (Å²) in [6, 6.07) is 2.23. The summed E-state index contributed by atoms with van der Waals surface area (Å²) in [5.41, 5.74) is 7.13. The summed E-state index contributed by atoms with van der Waals surface area (Å²) in [7, 11) is 0. The number of aryl methyl sites for hydroxylation is 1. The highest BCUT2D eigenvalue weighted by atomic mass is 79.9. The smallest absolute Gasteiger partial charge is 0.128 e. The molecule has 1 aromatic heterocycles. The second kappa shape index (κ2) is 6.21. The third-order valence-electron chi connectivity index (χ3n) is 2.35. The van der Waals surface area contributed by atoms with E-state index in [-0.39, 0.29) is 6.04 Å². The second-order valence-corrected chi connectivity index (χ2v) is 5.51. The van der Waals surface area contributed by atoms with Crippen molar-refractivity contribution in [2.75, 3.05) is 11.9 Å². The average Bonchev–Trinajstić information content (AvgIpc) is 2.15. The molecule has 0 spiro atoms. The quantitative estimate of drug-likeness (QED) is 0.875. The molecule has 0 aliphatic heterocycles. The zero-order chi connectivity index (χ0) is 12.1. The molecule has 0 radical (unpaired) electrons. The Kier molecular flexibility index (Phi) is 5.22. The molecular weight excluding hydrogens is 266 g/mol. The number of aromatic nitrogens is 1. The highest BCUT2D eigenvalue weighted by Crippen LogP contribution is 2.16. The van der Waals surface area contributed by atoms with Crippen molar-refractivity contribution < 1.29 is 0 Å². The van der Waals surface area contributed by atoms with Gasteiger partial charge in [0, 0.05) is 23.3 Å². The van der Waals surface area contributed by atoms with Crippen molar-refractivity contribution >= 4 is 21.7 Å². The van der Waals surface area contributed by atoms with Crippen LogP contribution < -0.4 is 11.1 Å². The number of rotatable bonds is 5. The summed E-state index contributed by atoms with van der Waals surface area (Å²) in [6.07, 6.45) is 2.83. The zero-order valence-corrected chi connectivity index (χ0v) is 11.7. The molecule has 1 rings (SSSR count). The Morgan fingerprint density at radius 3 is 2.75 bits per heavy atom. The fourth-order valence-electron chi connectivity index (χ4n) is 1.64. The highest BCUT2D eigenvalue weighted by molar-refractivity contribution is 9.10. The molecule has 0 saturated carbocycles. The van der Waals surface area contributed by atoms with Crippen LogP contribution in [0.2, 0.25) is 0 Å². The summed E-state index contributed by atoms with van der Waals surface area (Å²) in [6.45, 7) is 7.17. The van der Waals surface area contributed by atoms with E-state index in [0.29, 0.717) is 5.92 Å². The lowest BCUT2D eigenvalue weighted by atomic mass is 10.0. The average molecular weight is 286 g/mol. The van der Waals surface area contributed by atoms with Crippen LogP contribution >= 0.6 is 15.9 Å². The lowest BCUT2D eigenvalue weighted by Gasteiger charge is -2.16. The monoisotopic (exact) mass is 285 g/mol. The number of nitrogens with one attached hydrogen (secondary N) is 1. The minimum absolute atomic E-state index is 0.185. The first kappa shape index (κ1) is 13.5. The van der Waals surface area contributed by atoms with Crippen molar-refractivity contribution in [2.24, 2.45) is 11.7 Å². The molecule has 0 aliphatic carbocycles. The molecule has 1 unspecified atom stereocenters. The Bertz CT molecular complexity index is 339. The first-order valence-electron chi connectivity index (χ1n) is 5.60. The van der Waals surface area contributed by atoms with E-state index in [0.717, 1.165) is 28.8 Å². The number of pyridine rings is 1. The van der Waals surface area contributed by atoms with Crippen molar-refractivity contribution in [1.29, 1.82) is 0 Å². The molecule has 0 saturated heterocycles. The normalized spacial score (nSPS) is 12.9. The Morgan fingerprint density at radius 1 is 1.50 bits per heavy atom. The van der Waals surface area contributed by atoms with Gasteiger partial charge in [-0.1, -0.05) is 13.8 Å². The first-order chi connectivity index (χ1) is 7.49. The van der Waals surface area contributed by atoms with E-state index in [4.69, 9.17) is 5.73 Å². The van der Waals surface area contributed by atoms with E-state index in [9.17, 15) is 0 Å². The Labute approximate surface area is 106 Å². The lowest BCUT2D eigenvalue weighted by Crippen LogP contribution is -2.30. The van der Waals surface area contributed by atoms with Crippen LogP contribution in [-0.4, -0.2) is 17.6 Å². The van der Waals surface area contributed by atoms with Gasteiger partial charge in [-0.3, -0.25) is 0 Å². The second-order valence-electron chi connectivity index (χ2n) is 4.59. The van der Waals surface area contributed by atoms with Gasteiger partial charge in [-0.05, 0) is 46.8 Å². The fourth-order valence-corrected chi connectivity index (χ4v) is 2.09. The van der Waals surface area contributed by atoms with Crippen molar-refractivity contribution in [3.05, 3.63) is 22.3 Å². The van der Waals surface area contributed by atoms with Crippen LogP contribution in [0.15, 0.2) is 16.7 Å². The summed E-state index contributed by atoms with van der Waals surface area (Å²) < 4.78 is 1.00. The molecule has 0 bridgehead atoms. The van der Waals surface area contributed by atoms with Gasteiger partial charge in [0.15, 0.2) is 0 Å². The number of hydrogen-bond acceptors (Lipinski definition) is 3. The highest BCUT2D eigenvalue weighted by Gasteiger charge is 2.06. The molecule has 1 atom stereocenters. The summed E-state index contributed by atoms with van der Waals surface area (Å²) in [5, 5.41) is 3.29. The van der Waals surface area contributed by atoms with E-state index < -0.39 is 0 Å². The van der Waals surface area contributed by atoms with Gasteiger partial charge in [-0.15, -0.1) is 0 Å². The molecule has 1 heterocycles. The minimum atomic E-state index is 0.185. The maximum atomic E-state index is 6.00. The predicted octanol–water partition coefficient (Wildman–Crippen LogP) is 2.94. The van der Waals surface area contributed by atoms with E-state index in [1.54, 1.807) is 6.20 Å². The van der Waals surface area contributed by atoms with Crippen LogP contribution in [0.5, 0.6) is 0 Å². The van der Waals surface area contributed by atoms with E-state index in [1.807, 2.05) is 13.0 Å². The van der Waals surface area contributed by atoms with Gasteiger partial charge in [0.25, 0.3) is 0 Å². The Morgan fingerprint density at radius 2 is 2.19 bits per heavy atom.